The predicted molar refractivity (Wildman–Crippen MR) is 234 cm³/mol. The molecule has 0 radical (unpaired) electrons. The molecule has 332 valence electrons. The van der Waals surface area contributed by atoms with Crippen molar-refractivity contribution in [2.24, 2.45) is 17.6 Å². The molecule has 2 fully saturated rings. The molecule has 64 heavy (non-hydrogen) atoms. The van der Waals surface area contributed by atoms with Crippen LogP contribution in [0.4, 0.5) is 8.78 Å². The number of hydrogen-bond donors (Lipinski definition) is 5. The number of H-pyrrole nitrogens is 2. The molecule has 2 aromatic heterocycles. The van der Waals surface area contributed by atoms with E-state index in [1.165, 1.54) is 18.3 Å². The van der Waals surface area contributed by atoms with E-state index in [-0.39, 0.29) is 80.7 Å². The van der Waals surface area contributed by atoms with Gasteiger partial charge >= 0.3 is 5.97 Å². The number of carbonyl (C=O) groups excluding carboxylic acids is 7. The number of carboxylic acid groups (broad SMARTS) is 1. The minimum atomic E-state index is -1.68. The van der Waals surface area contributed by atoms with Crippen molar-refractivity contribution in [3.8, 4) is 0 Å². The van der Waals surface area contributed by atoms with Gasteiger partial charge in [-0.2, -0.15) is 0 Å². The summed E-state index contributed by atoms with van der Waals surface area (Å²) in [6.45, 7) is 3.61. The second kappa shape index (κ2) is 21.6. The summed E-state index contributed by atoms with van der Waals surface area (Å²) in [4.78, 5) is 102. The molecule has 2 unspecified atom stereocenters. The molecule has 6 N–H and O–H groups in total. The van der Waals surface area contributed by atoms with Crippen LogP contribution < -0.4 is 11.1 Å². The summed E-state index contributed by atoms with van der Waals surface area (Å²) < 4.78 is 27.8. The largest absolute Gasteiger partial charge is 0.475 e. The number of benzene rings is 4. The summed E-state index contributed by atoms with van der Waals surface area (Å²) in [7, 11) is 0. The highest BCUT2D eigenvalue weighted by Crippen LogP contribution is 2.26. The third-order valence-corrected chi connectivity index (χ3v) is 10.8. The number of halogens is 3. The molecule has 4 aromatic carbocycles. The highest BCUT2D eigenvalue weighted by atomic mass is 35.5. The van der Waals surface area contributed by atoms with E-state index in [1.54, 1.807) is 29.2 Å². The van der Waals surface area contributed by atoms with Gasteiger partial charge in [0.15, 0.2) is 12.6 Å². The molecule has 15 nitrogen and oxygen atoms in total. The molecule has 8 rings (SSSR count). The summed E-state index contributed by atoms with van der Waals surface area (Å²) in [6, 6.07) is 23.0. The standard InChI is InChI=1S/C23H20FN3O4.C12H16N2O.C11H6FNO4.ClH/c24-18-7-6-16(13-28)20-19(18)17(11-25-20)21(29)22(30)26-10-14-8-9-27(12-14)23(31)15-4-2-1-3-5-15;13-8-10-6-7-14(9-10)12(15)11-4-2-1-3-5-11;12-7-2-1-5(4-14)9-8(7)6(3-13-9)10(15)11(16)17;/h1-7,11,13-14,25H,8-10,12H2,(H,26,30);1-5,10H,6-9,13H2;1-4,13H,(H,16,17);1H. The Kier molecular flexibility index (Phi) is 16.1. The van der Waals surface area contributed by atoms with Crippen LogP contribution in [0.2, 0.25) is 0 Å². The number of carbonyl (C=O) groups is 8. The molecular formula is C46H43ClF2N6O9. The average Bonchev–Trinajstić information content (AvgIpc) is 4.16. The lowest BCUT2D eigenvalue weighted by molar-refractivity contribution is -0.131. The number of fused-ring (bicyclic) bond motifs is 2. The Hall–Kier alpha value is -7.37. The maximum absolute atomic E-state index is 14.3. The van der Waals surface area contributed by atoms with E-state index < -0.39 is 35.1 Å². The van der Waals surface area contributed by atoms with Gasteiger partial charge < -0.3 is 35.9 Å². The molecule has 4 heterocycles. The molecule has 2 saturated heterocycles. The van der Waals surface area contributed by atoms with Gasteiger partial charge in [0.05, 0.1) is 22.2 Å². The first kappa shape index (κ1) is 47.7. The van der Waals surface area contributed by atoms with Gasteiger partial charge in [0.25, 0.3) is 29.3 Å². The lowest BCUT2D eigenvalue weighted by Gasteiger charge is -2.16. The molecule has 2 aliphatic heterocycles. The fourth-order valence-corrected chi connectivity index (χ4v) is 7.49. The molecule has 18 heteroatoms. The zero-order valence-corrected chi connectivity index (χ0v) is 34.9. The molecule has 0 aliphatic carbocycles. The molecule has 0 bridgehead atoms. The molecule has 6 aromatic rings. The fraction of sp³-hybridized carbons (Fsp3) is 0.217. The number of carboxylic acids is 1. The summed E-state index contributed by atoms with van der Waals surface area (Å²) >= 11 is 0. The van der Waals surface area contributed by atoms with Crippen LogP contribution in [0.15, 0.2) is 97.3 Å². The highest BCUT2D eigenvalue weighted by Gasteiger charge is 2.30. The van der Waals surface area contributed by atoms with Crippen molar-refractivity contribution in [3.05, 3.63) is 142 Å². The van der Waals surface area contributed by atoms with Gasteiger partial charge in [0, 0.05) is 78.1 Å². The number of nitrogens with zero attached hydrogens (tertiary/aromatic N) is 2. The van der Waals surface area contributed by atoms with E-state index in [4.69, 9.17) is 10.8 Å². The minimum Gasteiger partial charge on any atom is -0.475 e. The number of hydrogen-bond acceptors (Lipinski definition) is 9. The number of Topliss-reactive ketones (excluding diaryl/α,β-unsaturated/α-hetero) is 2. The Labute approximate surface area is 370 Å². The topological polar surface area (TPSA) is 233 Å². The molecule has 3 amide bonds. The first-order valence-electron chi connectivity index (χ1n) is 19.8. The number of aliphatic carboxylic acids is 1. The number of rotatable bonds is 11. The van der Waals surface area contributed by atoms with Crippen molar-refractivity contribution < 1.29 is 52.2 Å². The molecule has 2 atom stereocenters. The zero-order valence-electron chi connectivity index (χ0n) is 34.1. The van der Waals surface area contributed by atoms with Gasteiger partial charge in [0.1, 0.15) is 11.6 Å². The zero-order chi connectivity index (χ0) is 45.2. The van der Waals surface area contributed by atoms with Crippen LogP contribution in [0.5, 0.6) is 0 Å². The predicted octanol–water partition coefficient (Wildman–Crippen LogP) is 5.50. The Bertz CT molecular complexity index is 2710. The van der Waals surface area contributed by atoms with E-state index in [9.17, 15) is 47.1 Å². The van der Waals surface area contributed by atoms with Crippen molar-refractivity contribution in [1.82, 2.24) is 25.1 Å². The second-order valence-electron chi connectivity index (χ2n) is 14.9. The lowest BCUT2D eigenvalue weighted by Crippen LogP contribution is -2.36. The van der Waals surface area contributed by atoms with E-state index in [1.807, 2.05) is 41.3 Å². The molecule has 0 saturated carbocycles. The van der Waals surface area contributed by atoms with Gasteiger partial charge in [0.2, 0.25) is 0 Å². The quantitative estimate of drug-likeness (QED) is 0.0623. The number of aromatic nitrogens is 2. The Balaban J connectivity index is 0.000000197. The van der Waals surface area contributed by atoms with Gasteiger partial charge in [-0.25, -0.2) is 13.6 Å². The first-order valence-corrected chi connectivity index (χ1v) is 19.8. The Morgan fingerprint density at radius 3 is 1.53 bits per heavy atom. The molecule has 0 spiro atoms. The number of likely N-dealkylation sites (tertiary alicyclic amines) is 2. The third kappa shape index (κ3) is 10.6. The number of aldehydes is 2. The van der Waals surface area contributed by atoms with Crippen LogP contribution in [-0.2, 0) is 9.59 Å². The normalized spacial score (nSPS) is 15.2. The van der Waals surface area contributed by atoms with E-state index >= 15 is 0 Å². The number of nitrogens with one attached hydrogen (secondary N) is 3. The van der Waals surface area contributed by atoms with Crippen LogP contribution in [0.1, 0.15) is 75.0 Å². The number of aromatic amines is 2. The SMILES string of the molecule is Cl.NCC1CCN(C(=O)c2ccccc2)C1.O=Cc1ccc(F)c2c(C(=O)C(=O)NCC3CCN(C(=O)c4ccccc4)C3)c[nH]c12.O=Cc1ccc(F)c2c(C(=O)C(=O)O)c[nH]c12. The van der Waals surface area contributed by atoms with Crippen LogP contribution in [0.25, 0.3) is 21.8 Å². The van der Waals surface area contributed by atoms with Gasteiger partial charge in [-0.15, -0.1) is 12.4 Å². The highest BCUT2D eigenvalue weighted by molar-refractivity contribution is 6.45. The maximum atomic E-state index is 14.3. The van der Waals surface area contributed by atoms with E-state index in [0.29, 0.717) is 50.1 Å². The average molecular weight is 897 g/mol. The third-order valence-electron chi connectivity index (χ3n) is 10.8. The summed E-state index contributed by atoms with van der Waals surface area (Å²) in [5.41, 5.74) is 7.21. The van der Waals surface area contributed by atoms with E-state index in [2.05, 4.69) is 15.3 Å². The summed E-state index contributed by atoms with van der Waals surface area (Å²) in [5, 5.41) is 10.9. The van der Waals surface area contributed by atoms with Gasteiger partial charge in [-0.1, -0.05) is 36.4 Å². The Morgan fingerprint density at radius 1 is 0.672 bits per heavy atom. The van der Waals surface area contributed by atoms with Crippen LogP contribution >= 0.6 is 12.4 Å². The summed E-state index contributed by atoms with van der Waals surface area (Å²) in [6.07, 6.45) is 5.10. The molecular weight excluding hydrogens is 854 g/mol. The van der Waals surface area contributed by atoms with Crippen LogP contribution in [-0.4, -0.2) is 112 Å². The monoisotopic (exact) mass is 896 g/mol. The van der Waals surface area contributed by atoms with Crippen LogP contribution in [0.3, 0.4) is 0 Å². The lowest BCUT2D eigenvalue weighted by atomic mass is 10.1. The number of nitrogens with two attached hydrogens (primary N) is 1. The van der Waals surface area contributed by atoms with Crippen molar-refractivity contribution in [3.63, 3.8) is 0 Å². The fourth-order valence-electron chi connectivity index (χ4n) is 7.49. The second-order valence-corrected chi connectivity index (χ2v) is 14.9. The smallest absolute Gasteiger partial charge is 0.377 e. The van der Waals surface area contributed by atoms with Gasteiger partial charge in [-0.3, -0.25) is 33.6 Å². The van der Waals surface area contributed by atoms with E-state index in [0.717, 1.165) is 43.4 Å². The van der Waals surface area contributed by atoms with Crippen molar-refractivity contribution in [1.29, 1.82) is 0 Å². The Morgan fingerprint density at radius 2 is 1.11 bits per heavy atom. The van der Waals surface area contributed by atoms with Crippen LogP contribution in [0, 0.1) is 23.5 Å². The first-order chi connectivity index (χ1) is 30.4. The van der Waals surface area contributed by atoms with Gasteiger partial charge in [-0.05, 0) is 79.8 Å². The van der Waals surface area contributed by atoms with Crippen molar-refractivity contribution in [2.45, 2.75) is 12.8 Å². The maximum Gasteiger partial charge on any atom is 0.377 e. The minimum absolute atomic E-state index is 0. The number of ketones is 2. The summed E-state index contributed by atoms with van der Waals surface area (Å²) in [5.74, 6) is -5.52. The van der Waals surface area contributed by atoms with Crippen molar-refractivity contribution >= 4 is 82.0 Å². The number of amides is 3. The molecule has 2 aliphatic rings. The van der Waals surface area contributed by atoms with Crippen molar-refractivity contribution in [2.75, 3.05) is 39.3 Å².